The molecule has 106 valence electrons. The normalized spacial score (nSPS) is 12.3. The van der Waals surface area contributed by atoms with Crippen molar-refractivity contribution in [1.82, 2.24) is 0 Å². The first-order chi connectivity index (χ1) is 10.2. The zero-order valence-electron chi connectivity index (χ0n) is 12.3. The van der Waals surface area contributed by atoms with Crippen LogP contribution in [0, 0.1) is 0 Å². The molecule has 3 aromatic rings. The van der Waals surface area contributed by atoms with Crippen molar-refractivity contribution in [2.24, 2.45) is 5.73 Å². The summed E-state index contributed by atoms with van der Waals surface area (Å²) in [5, 5.41) is 2.33. The first-order valence-corrected chi connectivity index (χ1v) is 7.12. The van der Waals surface area contributed by atoms with Crippen LogP contribution in [-0.2, 0) is 0 Å². The summed E-state index contributed by atoms with van der Waals surface area (Å²) in [6, 6.07) is 21.0. The number of nitrogens with two attached hydrogens (primary N) is 1. The summed E-state index contributed by atoms with van der Waals surface area (Å²) in [4.78, 5) is 0. The molecule has 0 spiro atoms. The lowest BCUT2D eigenvalue weighted by molar-refractivity contribution is 0.420. The smallest absolute Gasteiger partial charge is 0.126 e. The summed E-state index contributed by atoms with van der Waals surface area (Å²) < 4.78 is 5.45. The third-order valence-electron chi connectivity index (χ3n) is 3.85. The molecule has 0 amide bonds. The van der Waals surface area contributed by atoms with Gasteiger partial charge in [0.05, 0.1) is 7.11 Å². The second-order valence-electron chi connectivity index (χ2n) is 5.27. The molecular weight excluding hydrogens is 258 g/mol. The van der Waals surface area contributed by atoms with Crippen LogP contribution in [0.1, 0.15) is 18.5 Å². The molecule has 0 aliphatic rings. The number of ether oxygens (including phenoxy) is 1. The number of methoxy groups -OCH3 is 1. The molecule has 1 unspecified atom stereocenters. The molecule has 0 aromatic heterocycles. The topological polar surface area (TPSA) is 35.2 Å². The van der Waals surface area contributed by atoms with Gasteiger partial charge in [-0.25, -0.2) is 0 Å². The molecule has 0 radical (unpaired) electrons. The van der Waals surface area contributed by atoms with Gasteiger partial charge >= 0.3 is 0 Å². The summed E-state index contributed by atoms with van der Waals surface area (Å²) in [5.74, 6) is 0.904. The third-order valence-corrected chi connectivity index (χ3v) is 3.85. The summed E-state index contributed by atoms with van der Waals surface area (Å²) >= 11 is 0. The van der Waals surface area contributed by atoms with Crippen LogP contribution in [0.4, 0.5) is 0 Å². The van der Waals surface area contributed by atoms with Crippen molar-refractivity contribution in [3.63, 3.8) is 0 Å². The van der Waals surface area contributed by atoms with Crippen molar-refractivity contribution in [2.45, 2.75) is 13.0 Å². The molecule has 1 atom stereocenters. The Morgan fingerprint density at radius 3 is 2.14 bits per heavy atom. The standard InChI is InChI=1S/C19H19NO/c1-13(20)14-7-9-15(10-8-14)16-11-12-19(21-2)18-6-4-3-5-17(16)18/h3-13H,20H2,1-2H3. The van der Waals surface area contributed by atoms with Crippen LogP contribution in [0.3, 0.4) is 0 Å². The van der Waals surface area contributed by atoms with Crippen molar-refractivity contribution in [3.05, 3.63) is 66.2 Å². The van der Waals surface area contributed by atoms with Crippen LogP contribution in [0.25, 0.3) is 21.9 Å². The first kappa shape index (κ1) is 13.7. The van der Waals surface area contributed by atoms with Gasteiger partial charge in [0.2, 0.25) is 0 Å². The molecule has 3 rings (SSSR count). The van der Waals surface area contributed by atoms with E-state index in [-0.39, 0.29) is 6.04 Å². The Hall–Kier alpha value is -2.32. The Balaban J connectivity index is 2.16. The van der Waals surface area contributed by atoms with Crippen LogP contribution >= 0.6 is 0 Å². The minimum atomic E-state index is 0.0617. The quantitative estimate of drug-likeness (QED) is 0.763. The van der Waals surface area contributed by atoms with E-state index in [1.54, 1.807) is 7.11 Å². The zero-order chi connectivity index (χ0) is 14.8. The Morgan fingerprint density at radius 2 is 1.52 bits per heavy atom. The van der Waals surface area contributed by atoms with Crippen molar-refractivity contribution in [1.29, 1.82) is 0 Å². The van der Waals surface area contributed by atoms with Gasteiger partial charge in [-0.3, -0.25) is 0 Å². The van der Waals surface area contributed by atoms with E-state index < -0.39 is 0 Å². The highest BCUT2D eigenvalue weighted by Crippen LogP contribution is 2.34. The van der Waals surface area contributed by atoms with Crippen molar-refractivity contribution in [3.8, 4) is 16.9 Å². The number of hydrogen-bond donors (Lipinski definition) is 1. The molecular formula is C19H19NO. The van der Waals surface area contributed by atoms with Crippen molar-refractivity contribution < 1.29 is 4.74 Å². The van der Waals surface area contributed by atoms with Crippen LogP contribution in [0.15, 0.2) is 60.7 Å². The highest BCUT2D eigenvalue weighted by molar-refractivity contribution is 6.00. The largest absolute Gasteiger partial charge is 0.496 e. The summed E-state index contributed by atoms with van der Waals surface area (Å²) in [5.41, 5.74) is 9.47. The van der Waals surface area contributed by atoms with E-state index in [1.807, 2.05) is 19.1 Å². The van der Waals surface area contributed by atoms with Gasteiger partial charge in [0.25, 0.3) is 0 Å². The lowest BCUT2D eigenvalue weighted by Crippen LogP contribution is -2.04. The predicted molar refractivity (Wildman–Crippen MR) is 88.5 cm³/mol. The van der Waals surface area contributed by atoms with Gasteiger partial charge in [0.15, 0.2) is 0 Å². The number of rotatable bonds is 3. The summed E-state index contributed by atoms with van der Waals surface area (Å²) in [7, 11) is 1.71. The van der Waals surface area contributed by atoms with Crippen LogP contribution < -0.4 is 10.5 Å². The maximum atomic E-state index is 5.91. The Labute approximate surface area is 125 Å². The molecule has 0 bridgehead atoms. The number of hydrogen-bond acceptors (Lipinski definition) is 2. The fourth-order valence-corrected chi connectivity index (χ4v) is 2.67. The second-order valence-corrected chi connectivity index (χ2v) is 5.27. The van der Waals surface area contributed by atoms with E-state index in [1.165, 1.54) is 16.5 Å². The maximum Gasteiger partial charge on any atom is 0.126 e. The Bertz CT molecular complexity index is 760. The lowest BCUT2D eigenvalue weighted by atomic mass is 9.96. The first-order valence-electron chi connectivity index (χ1n) is 7.12. The fraction of sp³-hybridized carbons (Fsp3) is 0.158. The Morgan fingerprint density at radius 1 is 0.857 bits per heavy atom. The van der Waals surface area contributed by atoms with E-state index in [9.17, 15) is 0 Å². The third kappa shape index (κ3) is 2.50. The number of benzene rings is 3. The highest BCUT2D eigenvalue weighted by atomic mass is 16.5. The molecule has 3 aromatic carbocycles. The molecule has 0 aliphatic carbocycles. The average molecular weight is 277 g/mol. The molecule has 2 heteroatoms. The predicted octanol–water partition coefficient (Wildman–Crippen LogP) is 4.54. The minimum absolute atomic E-state index is 0.0617. The number of fused-ring (bicyclic) bond motifs is 1. The van der Waals surface area contributed by atoms with Crippen molar-refractivity contribution >= 4 is 10.8 Å². The average Bonchev–Trinajstić information content (AvgIpc) is 2.54. The Kier molecular flexibility index (Phi) is 3.63. The van der Waals surface area contributed by atoms with Gasteiger partial charge in [-0.2, -0.15) is 0 Å². The monoisotopic (exact) mass is 277 g/mol. The van der Waals surface area contributed by atoms with Gasteiger partial charge in [0.1, 0.15) is 5.75 Å². The highest BCUT2D eigenvalue weighted by Gasteiger charge is 2.08. The van der Waals surface area contributed by atoms with E-state index in [2.05, 4.69) is 48.5 Å². The van der Waals surface area contributed by atoms with Crippen LogP contribution in [0.5, 0.6) is 5.75 Å². The lowest BCUT2D eigenvalue weighted by Gasteiger charge is -2.12. The fourth-order valence-electron chi connectivity index (χ4n) is 2.67. The van der Waals surface area contributed by atoms with Gasteiger partial charge < -0.3 is 10.5 Å². The van der Waals surface area contributed by atoms with E-state index in [0.717, 1.165) is 16.7 Å². The molecule has 0 saturated carbocycles. The zero-order valence-corrected chi connectivity index (χ0v) is 12.3. The molecule has 0 fully saturated rings. The van der Waals surface area contributed by atoms with E-state index in [4.69, 9.17) is 10.5 Å². The van der Waals surface area contributed by atoms with Crippen LogP contribution in [0.2, 0.25) is 0 Å². The minimum Gasteiger partial charge on any atom is -0.496 e. The van der Waals surface area contributed by atoms with Gasteiger partial charge in [0, 0.05) is 11.4 Å². The van der Waals surface area contributed by atoms with Gasteiger partial charge in [-0.1, -0.05) is 54.6 Å². The molecule has 2 N–H and O–H groups in total. The van der Waals surface area contributed by atoms with Gasteiger partial charge in [-0.15, -0.1) is 0 Å². The molecule has 2 nitrogen and oxygen atoms in total. The maximum absolute atomic E-state index is 5.91. The van der Waals surface area contributed by atoms with Crippen LogP contribution in [-0.4, -0.2) is 7.11 Å². The molecule has 21 heavy (non-hydrogen) atoms. The van der Waals surface area contributed by atoms with E-state index >= 15 is 0 Å². The molecule has 0 saturated heterocycles. The molecule has 0 heterocycles. The SMILES string of the molecule is COc1ccc(-c2ccc(C(C)N)cc2)c2ccccc12. The summed E-state index contributed by atoms with van der Waals surface area (Å²) in [6.45, 7) is 2.00. The molecule has 0 aliphatic heterocycles. The van der Waals surface area contributed by atoms with E-state index in [0.29, 0.717) is 0 Å². The van der Waals surface area contributed by atoms with Gasteiger partial charge in [-0.05, 0) is 35.1 Å². The summed E-state index contributed by atoms with van der Waals surface area (Å²) in [6.07, 6.45) is 0. The van der Waals surface area contributed by atoms with Crippen molar-refractivity contribution in [2.75, 3.05) is 7.11 Å². The second kappa shape index (κ2) is 5.58.